The molecule has 1 atom stereocenters. The van der Waals surface area contributed by atoms with Crippen LogP contribution in [-0.2, 0) is 0 Å². The largest absolute Gasteiger partial charge is 0.493 e. The lowest BCUT2D eigenvalue weighted by atomic mass is 10.0. The second-order valence-corrected chi connectivity index (χ2v) is 5.88. The lowest BCUT2D eigenvalue weighted by Crippen LogP contribution is -2.14. The lowest BCUT2D eigenvalue weighted by Gasteiger charge is -2.16. The van der Waals surface area contributed by atoms with Crippen molar-refractivity contribution >= 4 is 31.9 Å². The van der Waals surface area contributed by atoms with Crippen molar-refractivity contribution in [2.45, 2.75) is 6.04 Å². The minimum atomic E-state index is -0.350. The number of ether oxygens (including phenoxy) is 2. The van der Waals surface area contributed by atoms with Crippen LogP contribution in [0.4, 0.5) is 0 Å². The van der Waals surface area contributed by atoms with Gasteiger partial charge in [0.25, 0.3) is 0 Å². The Morgan fingerprint density at radius 2 is 1.80 bits per heavy atom. The van der Waals surface area contributed by atoms with E-state index in [0.29, 0.717) is 11.5 Å². The van der Waals surface area contributed by atoms with Crippen molar-refractivity contribution < 1.29 is 9.47 Å². The topological polar surface area (TPSA) is 57.4 Å². The van der Waals surface area contributed by atoms with E-state index in [4.69, 9.17) is 15.2 Å². The van der Waals surface area contributed by atoms with Crippen LogP contribution in [0.3, 0.4) is 0 Å². The summed E-state index contributed by atoms with van der Waals surface area (Å²) in [7, 11) is 3.20. The first-order valence-corrected chi connectivity index (χ1v) is 7.44. The molecule has 0 saturated carbocycles. The predicted molar refractivity (Wildman–Crippen MR) is 85.2 cm³/mol. The highest BCUT2D eigenvalue weighted by molar-refractivity contribution is 9.11. The van der Waals surface area contributed by atoms with Gasteiger partial charge in [-0.2, -0.15) is 0 Å². The second kappa shape index (κ2) is 6.56. The van der Waals surface area contributed by atoms with Crippen LogP contribution in [0.5, 0.6) is 11.5 Å². The van der Waals surface area contributed by atoms with Crippen LogP contribution in [0.15, 0.2) is 39.4 Å². The van der Waals surface area contributed by atoms with E-state index in [9.17, 15) is 0 Å². The molecule has 6 heteroatoms. The summed E-state index contributed by atoms with van der Waals surface area (Å²) in [5, 5.41) is 0. The standard InChI is InChI=1S/C14H14Br2N2O2/c1-19-11-4-3-8(5-12(11)20-2)13(17)14-10(16)6-9(15)7-18-14/h3-7,13H,17H2,1-2H3. The van der Waals surface area contributed by atoms with Gasteiger partial charge in [0.05, 0.1) is 26.0 Å². The van der Waals surface area contributed by atoms with E-state index in [1.807, 2.05) is 24.3 Å². The van der Waals surface area contributed by atoms with Crippen LogP contribution in [0.25, 0.3) is 0 Å². The highest BCUT2D eigenvalue weighted by atomic mass is 79.9. The third-order valence-corrected chi connectivity index (χ3v) is 3.97. The van der Waals surface area contributed by atoms with Crippen molar-refractivity contribution in [1.29, 1.82) is 0 Å². The summed E-state index contributed by atoms with van der Waals surface area (Å²) >= 11 is 6.85. The van der Waals surface area contributed by atoms with Gasteiger partial charge in [-0.15, -0.1) is 0 Å². The van der Waals surface area contributed by atoms with Crippen LogP contribution in [0.2, 0.25) is 0 Å². The van der Waals surface area contributed by atoms with Gasteiger partial charge in [0.1, 0.15) is 0 Å². The Hall–Kier alpha value is -1.11. The van der Waals surface area contributed by atoms with Crippen molar-refractivity contribution in [3.63, 3.8) is 0 Å². The lowest BCUT2D eigenvalue weighted by molar-refractivity contribution is 0.354. The molecule has 0 radical (unpaired) electrons. The summed E-state index contributed by atoms with van der Waals surface area (Å²) in [5.74, 6) is 1.32. The minimum Gasteiger partial charge on any atom is -0.493 e. The van der Waals surface area contributed by atoms with E-state index in [1.165, 1.54) is 0 Å². The van der Waals surface area contributed by atoms with Gasteiger partial charge in [0, 0.05) is 15.1 Å². The molecule has 0 spiro atoms. The third-order valence-electron chi connectivity index (χ3n) is 2.90. The fourth-order valence-corrected chi connectivity index (χ4v) is 3.09. The number of hydrogen-bond acceptors (Lipinski definition) is 4. The zero-order valence-corrected chi connectivity index (χ0v) is 14.2. The number of methoxy groups -OCH3 is 2. The number of nitrogens with zero attached hydrogens (tertiary/aromatic N) is 1. The Bertz CT molecular complexity index is 620. The molecular formula is C14H14Br2N2O2. The molecule has 2 N–H and O–H groups in total. The maximum Gasteiger partial charge on any atom is 0.161 e. The zero-order valence-electron chi connectivity index (χ0n) is 11.1. The first-order chi connectivity index (χ1) is 9.56. The molecule has 1 aromatic heterocycles. The molecule has 0 fully saturated rings. The molecule has 4 nitrogen and oxygen atoms in total. The molecule has 2 rings (SSSR count). The molecule has 1 aromatic carbocycles. The van der Waals surface area contributed by atoms with E-state index in [0.717, 1.165) is 20.2 Å². The average Bonchev–Trinajstić information content (AvgIpc) is 2.45. The molecule has 0 aliphatic heterocycles. The predicted octanol–water partition coefficient (Wildman–Crippen LogP) is 3.67. The van der Waals surface area contributed by atoms with Crippen LogP contribution in [-0.4, -0.2) is 19.2 Å². The first-order valence-electron chi connectivity index (χ1n) is 5.85. The molecule has 1 unspecified atom stereocenters. The van der Waals surface area contributed by atoms with E-state index < -0.39 is 0 Å². The maximum atomic E-state index is 6.28. The molecule has 1 heterocycles. The number of benzene rings is 1. The Labute approximate surface area is 134 Å². The van der Waals surface area contributed by atoms with Crippen molar-refractivity contribution in [1.82, 2.24) is 4.98 Å². The Balaban J connectivity index is 2.40. The number of hydrogen-bond donors (Lipinski definition) is 1. The van der Waals surface area contributed by atoms with Crippen molar-refractivity contribution in [2.24, 2.45) is 5.73 Å². The van der Waals surface area contributed by atoms with Gasteiger partial charge in [-0.05, 0) is 55.6 Å². The quantitative estimate of drug-likeness (QED) is 0.848. The summed E-state index contributed by atoms with van der Waals surface area (Å²) in [6.45, 7) is 0. The van der Waals surface area contributed by atoms with E-state index in [1.54, 1.807) is 20.4 Å². The number of nitrogens with two attached hydrogens (primary N) is 1. The van der Waals surface area contributed by atoms with Gasteiger partial charge >= 0.3 is 0 Å². The van der Waals surface area contributed by atoms with Crippen LogP contribution in [0.1, 0.15) is 17.3 Å². The monoisotopic (exact) mass is 400 g/mol. The molecule has 106 valence electrons. The Morgan fingerprint density at radius 3 is 2.40 bits per heavy atom. The summed E-state index contributed by atoms with van der Waals surface area (Å²) < 4.78 is 12.3. The van der Waals surface area contributed by atoms with Crippen molar-refractivity contribution in [3.05, 3.63) is 50.7 Å². The van der Waals surface area contributed by atoms with Crippen LogP contribution < -0.4 is 15.2 Å². The van der Waals surface area contributed by atoms with E-state index in [2.05, 4.69) is 36.8 Å². The Kier molecular flexibility index (Phi) is 5.01. The number of halogens is 2. The number of rotatable bonds is 4. The minimum absolute atomic E-state index is 0.350. The number of pyridine rings is 1. The van der Waals surface area contributed by atoms with Gasteiger partial charge in [-0.25, -0.2) is 0 Å². The summed E-state index contributed by atoms with van der Waals surface area (Å²) in [5.41, 5.74) is 7.94. The van der Waals surface area contributed by atoms with Crippen LogP contribution in [0, 0.1) is 0 Å². The molecular weight excluding hydrogens is 388 g/mol. The molecule has 0 aliphatic carbocycles. The smallest absolute Gasteiger partial charge is 0.161 e. The highest BCUT2D eigenvalue weighted by Gasteiger charge is 2.16. The Morgan fingerprint density at radius 1 is 1.10 bits per heavy atom. The maximum absolute atomic E-state index is 6.28. The third kappa shape index (κ3) is 3.13. The fraction of sp³-hybridized carbons (Fsp3) is 0.214. The van der Waals surface area contributed by atoms with Gasteiger partial charge in [0.15, 0.2) is 11.5 Å². The number of aromatic nitrogens is 1. The first kappa shape index (κ1) is 15.3. The van der Waals surface area contributed by atoms with Gasteiger partial charge in [-0.3, -0.25) is 4.98 Å². The molecule has 0 amide bonds. The normalized spacial score (nSPS) is 12.1. The zero-order chi connectivity index (χ0) is 14.7. The van der Waals surface area contributed by atoms with Crippen LogP contribution >= 0.6 is 31.9 Å². The highest BCUT2D eigenvalue weighted by Crippen LogP contribution is 2.33. The van der Waals surface area contributed by atoms with Gasteiger partial charge < -0.3 is 15.2 Å². The fourth-order valence-electron chi connectivity index (χ4n) is 1.86. The molecule has 20 heavy (non-hydrogen) atoms. The SMILES string of the molecule is COc1ccc(C(N)c2ncc(Br)cc2Br)cc1OC. The average molecular weight is 402 g/mol. The molecule has 0 bridgehead atoms. The van der Waals surface area contributed by atoms with Gasteiger partial charge in [-0.1, -0.05) is 6.07 Å². The summed E-state index contributed by atoms with van der Waals surface area (Å²) in [4.78, 5) is 4.36. The van der Waals surface area contributed by atoms with Gasteiger partial charge in [0.2, 0.25) is 0 Å². The molecule has 2 aromatic rings. The summed E-state index contributed by atoms with van der Waals surface area (Å²) in [6.07, 6.45) is 1.72. The second-order valence-electron chi connectivity index (χ2n) is 4.11. The van der Waals surface area contributed by atoms with E-state index in [-0.39, 0.29) is 6.04 Å². The van der Waals surface area contributed by atoms with E-state index >= 15 is 0 Å². The summed E-state index contributed by atoms with van der Waals surface area (Å²) in [6, 6.07) is 7.17. The van der Waals surface area contributed by atoms with Crippen molar-refractivity contribution in [2.75, 3.05) is 14.2 Å². The van der Waals surface area contributed by atoms with Crippen molar-refractivity contribution in [3.8, 4) is 11.5 Å². The molecule has 0 aliphatic rings. The molecule has 0 saturated heterocycles.